The van der Waals surface area contributed by atoms with Gasteiger partial charge in [0.1, 0.15) is 0 Å². The minimum atomic E-state index is -0.00868. The first kappa shape index (κ1) is 22.1. The molecule has 2 amide bonds. The first-order chi connectivity index (χ1) is 15.7. The summed E-state index contributed by atoms with van der Waals surface area (Å²) in [5.74, 6) is 3.07. The number of ether oxygens (including phenoxy) is 4. The average Bonchev–Trinajstić information content (AvgIpc) is 3.28. The van der Waals surface area contributed by atoms with E-state index in [4.69, 9.17) is 18.9 Å². The molecule has 0 unspecified atom stereocenters. The number of hydrogen-bond donors (Lipinski definition) is 1. The van der Waals surface area contributed by atoms with E-state index in [1.807, 2.05) is 42.2 Å². The molecule has 2 heterocycles. The zero-order chi connectivity index (χ0) is 22.3. The molecule has 0 radical (unpaired) electrons. The standard InChI is InChI=1S/C24H31N3O5/c1-3-30-20-6-4-18(14-22(20)29-2)8-9-25-24(28)27-12-10-26(11-13-27)16-19-5-7-21-23(15-19)32-17-31-21/h4-7,14-15H,3,8-13,16-17H2,1-2H3,(H,25,28). The summed E-state index contributed by atoms with van der Waals surface area (Å²) in [7, 11) is 1.63. The van der Waals surface area contributed by atoms with Gasteiger partial charge in [-0.15, -0.1) is 0 Å². The Kier molecular flexibility index (Phi) is 7.21. The van der Waals surface area contributed by atoms with Crippen LogP contribution in [0.4, 0.5) is 4.79 Å². The lowest BCUT2D eigenvalue weighted by Crippen LogP contribution is -2.51. The molecule has 0 atom stereocenters. The Labute approximate surface area is 189 Å². The molecule has 1 N–H and O–H groups in total. The number of rotatable bonds is 8. The number of methoxy groups -OCH3 is 1. The van der Waals surface area contributed by atoms with Crippen LogP contribution in [0.2, 0.25) is 0 Å². The Hall–Kier alpha value is -3.13. The summed E-state index contributed by atoms with van der Waals surface area (Å²) in [5.41, 5.74) is 2.29. The number of urea groups is 1. The van der Waals surface area contributed by atoms with Crippen LogP contribution >= 0.6 is 0 Å². The molecule has 172 valence electrons. The molecule has 32 heavy (non-hydrogen) atoms. The van der Waals surface area contributed by atoms with E-state index >= 15 is 0 Å². The van der Waals surface area contributed by atoms with Gasteiger partial charge in [0, 0.05) is 39.3 Å². The van der Waals surface area contributed by atoms with Crippen molar-refractivity contribution in [2.75, 3.05) is 53.2 Å². The summed E-state index contributed by atoms with van der Waals surface area (Å²) in [6, 6.07) is 12.0. The molecule has 0 spiro atoms. The lowest BCUT2D eigenvalue weighted by atomic mass is 10.1. The number of nitrogens with zero attached hydrogens (tertiary/aromatic N) is 2. The van der Waals surface area contributed by atoms with Crippen LogP contribution in [0.3, 0.4) is 0 Å². The fourth-order valence-electron chi connectivity index (χ4n) is 3.97. The normalized spacial score (nSPS) is 15.5. The number of piperazine rings is 1. The maximum Gasteiger partial charge on any atom is 0.317 e. The molecule has 2 aliphatic heterocycles. The molecule has 4 rings (SSSR count). The van der Waals surface area contributed by atoms with Crippen molar-refractivity contribution in [1.82, 2.24) is 15.1 Å². The van der Waals surface area contributed by atoms with E-state index in [1.54, 1.807) is 7.11 Å². The third kappa shape index (κ3) is 5.37. The molecule has 2 aliphatic rings. The summed E-state index contributed by atoms with van der Waals surface area (Å²) < 4.78 is 21.8. The highest BCUT2D eigenvalue weighted by Gasteiger charge is 2.22. The smallest absolute Gasteiger partial charge is 0.317 e. The lowest BCUT2D eigenvalue weighted by molar-refractivity contribution is 0.135. The first-order valence-corrected chi connectivity index (χ1v) is 11.1. The van der Waals surface area contributed by atoms with Gasteiger partial charge in [-0.2, -0.15) is 0 Å². The Balaban J connectivity index is 1.19. The highest BCUT2D eigenvalue weighted by Crippen LogP contribution is 2.33. The van der Waals surface area contributed by atoms with Crippen LogP contribution in [0.5, 0.6) is 23.0 Å². The van der Waals surface area contributed by atoms with Gasteiger partial charge >= 0.3 is 6.03 Å². The van der Waals surface area contributed by atoms with Gasteiger partial charge in [-0.25, -0.2) is 4.79 Å². The number of hydrogen-bond acceptors (Lipinski definition) is 6. The summed E-state index contributed by atoms with van der Waals surface area (Å²) in [6.07, 6.45) is 0.735. The van der Waals surface area contributed by atoms with Crippen LogP contribution < -0.4 is 24.3 Å². The Morgan fingerprint density at radius 2 is 1.78 bits per heavy atom. The minimum absolute atomic E-state index is 0.00868. The van der Waals surface area contributed by atoms with Crippen molar-refractivity contribution in [2.45, 2.75) is 19.9 Å². The van der Waals surface area contributed by atoms with Crippen LogP contribution in [0.15, 0.2) is 36.4 Å². The molecule has 0 saturated carbocycles. The molecule has 0 bridgehead atoms. The second-order valence-corrected chi connectivity index (χ2v) is 7.85. The molecule has 0 aliphatic carbocycles. The van der Waals surface area contributed by atoms with Crippen LogP contribution in [-0.2, 0) is 13.0 Å². The monoisotopic (exact) mass is 441 g/mol. The molecule has 2 aromatic rings. The average molecular weight is 442 g/mol. The molecule has 8 heteroatoms. The maximum atomic E-state index is 12.6. The third-order valence-electron chi connectivity index (χ3n) is 5.72. The number of amides is 2. The Morgan fingerprint density at radius 3 is 2.56 bits per heavy atom. The van der Waals surface area contributed by atoms with Crippen molar-refractivity contribution >= 4 is 6.03 Å². The predicted octanol–water partition coefficient (Wildman–Crippen LogP) is 2.89. The summed E-state index contributed by atoms with van der Waals surface area (Å²) in [4.78, 5) is 16.8. The van der Waals surface area contributed by atoms with Gasteiger partial charge in [0.25, 0.3) is 0 Å². The van der Waals surface area contributed by atoms with Crippen molar-refractivity contribution < 1.29 is 23.7 Å². The fraction of sp³-hybridized carbons (Fsp3) is 0.458. The van der Waals surface area contributed by atoms with Crippen LogP contribution in [0.1, 0.15) is 18.1 Å². The van der Waals surface area contributed by atoms with E-state index in [0.29, 0.717) is 38.8 Å². The second kappa shape index (κ2) is 10.5. The maximum absolute atomic E-state index is 12.6. The Morgan fingerprint density at radius 1 is 1.00 bits per heavy atom. The van der Waals surface area contributed by atoms with Crippen LogP contribution in [-0.4, -0.2) is 69.1 Å². The van der Waals surface area contributed by atoms with Gasteiger partial charge in [-0.05, 0) is 48.7 Å². The first-order valence-electron chi connectivity index (χ1n) is 11.1. The second-order valence-electron chi connectivity index (χ2n) is 7.85. The molecule has 0 aromatic heterocycles. The SMILES string of the molecule is CCOc1ccc(CCNC(=O)N2CCN(Cc3ccc4c(c3)OCO4)CC2)cc1OC. The largest absolute Gasteiger partial charge is 0.493 e. The molecule has 1 saturated heterocycles. The summed E-state index contributed by atoms with van der Waals surface area (Å²) in [5, 5.41) is 3.04. The lowest BCUT2D eigenvalue weighted by Gasteiger charge is -2.34. The zero-order valence-corrected chi connectivity index (χ0v) is 18.8. The van der Waals surface area contributed by atoms with Crippen molar-refractivity contribution in [3.63, 3.8) is 0 Å². The van der Waals surface area contributed by atoms with Crippen molar-refractivity contribution in [1.29, 1.82) is 0 Å². The number of fused-ring (bicyclic) bond motifs is 1. The number of carbonyl (C=O) groups is 1. The highest BCUT2D eigenvalue weighted by atomic mass is 16.7. The van der Waals surface area contributed by atoms with Crippen LogP contribution in [0, 0.1) is 0 Å². The summed E-state index contributed by atoms with van der Waals surface area (Å²) in [6.45, 7) is 7.37. The molecule has 1 fully saturated rings. The molecular weight excluding hydrogens is 410 g/mol. The van der Waals surface area contributed by atoms with Crippen molar-refractivity contribution in [3.8, 4) is 23.0 Å². The Bertz CT molecular complexity index is 928. The molecule has 2 aromatic carbocycles. The van der Waals surface area contributed by atoms with Gasteiger partial charge in [-0.3, -0.25) is 4.90 Å². The van der Waals surface area contributed by atoms with E-state index < -0.39 is 0 Å². The topological polar surface area (TPSA) is 72.5 Å². The molecular formula is C24H31N3O5. The van der Waals surface area contributed by atoms with E-state index in [1.165, 1.54) is 5.56 Å². The fourth-order valence-corrected chi connectivity index (χ4v) is 3.97. The van der Waals surface area contributed by atoms with Crippen molar-refractivity contribution in [3.05, 3.63) is 47.5 Å². The van der Waals surface area contributed by atoms with Gasteiger partial charge in [0.05, 0.1) is 13.7 Å². The summed E-state index contributed by atoms with van der Waals surface area (Å²) >= 11 is 0. The quantitative estimate of drug-likeness (QED) is 0.679. The van der Waals surface area contributed by atoms with E-state index in [9.17, 15) is 4.79 Å². The molecule has 8 nitrogen and oxygen atoms in total. The van der Waals surface area contributed by atoms with Gasteiger partial charge in [0.2, 0.25) is 6.79 Å². The van der Waals surface area contributed by atoms with Gasteiger partial charge < -0.3 is 29.2 Å². The number of nitrogens with one attached hydrogen (secondary N) is 1. The number of carbonyl (C=O) groups excluding carboxylic acids is 1. The minimum Gasteiger partial charge on any atom is -0.493 e. The van der Waals surface area contributed by atoms with E-state index in [0.717, 1.165) is 48.9 Å². The van der Waals surface area contributed by atoms with Crippen LogP contribution in [0.25, 0.3) is 0 Å². The highest BCUT2D eigenvalue weighted by molar-refractivity contribution is 5.74. The third-order valence-corrected chi connectivity index (χ3v) is 5.72. The van der Waals surface area contributed by atoms with Gasteiger partial charge in [-0.1, -0.05) is 12.1 Å². The van der Waals surface area contributed by atoms with Gasteiger partial charge in [0.15, 0.2) is 23.0 Å². The number of benzene rings is 2. The van der Waals surface area contributed by atoms with E-state index in [2.05, 4.69) is 16.3 Å². The van der Waals surface area contributed by atoms with E-state index in [-0.39, 0.29) is 6.03 Å². The zero-order valence-electron chi connectivity index (χ0n) is 18.8. The predicted molar refractivity (Wildman–Crippen MR) is 121 cm³/mol. The van der Waals surface area contributed by atoms with Crippen molar-refractivity contribution in [2.24, 2.45) is 0 Å².